The summed E-state index contributed by atoms with van der Waals surface area (Å²) in [5, 5.41) is 18.5. The van der Waals surface area contributed by atoms with Crippen molar-refractivity contribution in [1.82, 2.24) is 10.4 Å². The molecule has 0 saturated heterocycles. The maximum absolute atomic E-state index is 11.5. The molecule has 0 aliphatic carbocycles. The van der Waals surface area contributed by atoms with E-state index in [1.54, 1.807) is 11.4 Å². The largest absolute Gasteiger partial charge is 0.329 e. The van der Waals surface area contributed by atoms with Crippen molar-refractivity contribution in [1.29, 1.82) is 0 Å². The summed E-state index contributed by atoms with van der Waals surface area (Å²) in [5.74, 6) is -1.94. The second-order valence-electron chi connectivity index (χ2n) is 3.81. The van der Waals surface area contributed by atoms with E-state index in [4.69, 9.17) is 0 Å². The van der Waals surface area contributed by atoms with Crippen LogP contribution in [0.3, 0.4) is 0 Å². The van der Waals surface area contributed by atoms with Crippen molar-refractivity contribution in [2.45, 2.75) is 0 Å². The molecule has 0 spiro atoms. The van der Waals surface area contributed by atoms with E-state index in [9.17, 15) is 19.7 Å². The zero-order chi connectivity index (χ0) is 15.9. The lowest BCUT2D eigenvalue weighted by Crippen LogP contribution is -2.32. The van der Waals surface area contributed by atoms with Crippen LogP contribution >= 0.6 is 11.3 Å². The van der Waals surface area contributed by atoms with Gasteiger partial charge in [0.2, 0.25) is 0 Å². The third kappa shape index (κ3) is 3.93. The van der Waals surface area contributed by atoms with Gasteiger partial charge in [-0.3, -0.25) is 25.0 Å². The van der Waals surface area contributed by atoms with Crippen molar-refractivity contribution in [2.75, 3.05) is 5.32 Å². The number of thiazole rings is 1. The van der Waals surface area contributed by atoms with Crippen molar-refractivity contribution < 1.29 is 14.5 Å². The van der Waals surface area contributed by atoms with Gasteiger partial charge < -0.3 is 0 Å². The first kappa shape index (κ1) is 15.3. The normalized spacial score (nSPS) is 10.4. The molecule has 112 valence electrons. The molecule has 2 amide bonds. The second-order valence-corrected chi connectivity index (χ2v) is 4.70. The molecule has 0 radical (unpaired) electrons. The molecule has 0 fully saturated rings. The maximum Gasteiger partial charge on any atom is 0.329 e. The Morgan fingerprint density at radius 2 is 2.09 bits per heavy atom. The van der Waals surface area contributed by atoms with E-state index in [1.165, 1.54) is 24.4 Å². The number of aromatic nitrogens is 1. The van der Waals surface area contributed by atoms with Crippen LogP contribution in [-0.2, 0) is 9.59 Å². The lowest BCUT2D eigenvalue weighted by atomic mass is 10.2. The molecule has 0 unspecified atom stereocenters. The maximum atomic E-state index is 11.5. The van der Waals surface area contributed by atoms with Crippen molar-refractivity contribution in [3.05, 3.63) is 51.5 Å². The van der Waals surface area contributed by atoms with Crippen LogP contribution < -0.4 is 10.7 Å². The van der Waals surface area contributed by atoms with Gasteiger partial charge >= 0.3 is 11.8 Å². The Kier molecular flexibility index (Phi) is 4.88. The minimum atomic E-state index is -1.01. The van der Waals surface area contributed by atoms with Crippen LogP contribution in [0.4, 0.5) is 10.8 Å². The third-order valence-corrected chi connectivity index (χ3v) is 3.05. The molecule has 0 bridgehead atoms. The zero-order valence-electron chi connectivity index (χ0n) is 10.9. The fourth-order valence-corrected chi connectivity index (χ4v) is 1.94. The fraction of sp³-hybridized carbons (Fsp3) is 0. The monoisotopic (exact) mass is 319 g/mol. The number of nitrogens with one attached hydrogen (secondary N) is 2. The summed E-state index contributed by atoms with van der Waals surface area (Å²) in [4.78, 5) is 37.0. The van der Waals surface area contributed by atoms with Gasteiger partial charge in [0, 0.05) is 17.6 Å². The molecule has 1 aromatic heterocycles. The highest BCUT2D eigenvalue weighted by Gasteiger charge is 2.14. The van der Waals surface area contributed by atoms with Crippen LogP contribution in [0.25, 0.3) is 0 Å². The highest BCUT2D eigenvalue weighted by molar-refractivity contribution is 7.13. The number of amides is 2. The molecule has 0 aliphatic rings. The number of hydrogen-bond acceptors (Lipinski definition) is 7. The van der Waals surface area contributed by atoms with E-state index in [0.717, 1.165) is 17.6 Å². The number of nitrogens with zero attached hydrogens (tertiary/aromatic N) is 3. The summed E-state index contributed by atoms with van der Waals surface area (Å²) in [6.45, 7) is 0. The standard InChI is InChI=1S/C12H9N5O4S/c18-10(15-12-13-5-6-22-12)11(19)16-14-7-8-3-1-2-4-9(8)17(20)21/h1-7H,(H,16,19)(H,13,15,18)/b14-7+. The molecule has 0 atom stereocenters. The number of anilines is 1. The molecule has 22 heavy (non-hydrogen) atoms. The van der Waals surface area contributed by atoms with Crippen molar-refractivity contribution in [3.63, 3.8) is 0 Å². The summed E-state index contributed by atoms with van der Waals surface area (Å²) in [6.07, 6.45) is 2.57. The average Bonchev–Trinajstić information content (AvgIpc) is 3.00. The number of nitro groups is 1. The Hall–Kier alpha value is -3.14. The molecule has 0 aliphatic heterocycles. The minimum Gasteiger partial charge on any atom is -0.294 e. The number of carbonyl (C=O) groups is 2. The third-order valence-electron chi connectivity index (χ3n) is 2.36. The predicted molar refractivity (Wildman–Crippen MR) is 79.6 cm³/mol. The number of hydrazone groups is 1. The molecule has 1 aromatic carbocycles. The van der Waals surface area contributed by atoms with Crippen LogP contribution in [0.15, 0.2) is 40.9 Å². The van der Waals surface area contributed by atoms with Gasteiger partial charge in [-0.25, -0.2) is 10.4 Å². The van der Waals surface area contributed by atoms with Gasteiger partial charge in [0.05, 0.1) is 16.7 Å². The lowest BCUT2D eigenvalue weighted by Gasteiger charge is -2.00. The number of hydrogen-bond donors (Lipinski definition) is 2. The van der Waals surface area contributed by atoms with E-state index in [0.29, 0.717) is 0 Å². The van der Waals surface area contributed by atoms with E-state index < -0.39 is 16.7 Å². The van der Waals surface area contributed by atoms with Crippen LogP contribution in [0, 0.1) is 10.1 Å². The molecule has 2 rings (SSSR count). The first-order chi connectivity index (χ1) is 10.6. The van der Waals surface area contributed by atoms with Crippen molar-refractivity contribution in [2.24, 2.45) is 5.10 Å². The van der Waals surface area contributed by atoms with Gasteiger partial charge in [0.25, 0.3) is 5.69 Å². The zero-order valence-corrected chi connectivity index (χ0v) is 11.7. The molecular formula is C12H9N5O4S. The van der Waals surface area contributed by atoms with Gasteiger partial charge in [-0.15, -0.1) is 11.3 Å². The molecular weight excluding hydrogens is 310 g/mol. The van der Waals surface area contributed by atoms with Crippen LogP contribution in [0.1, 0.15) is 5.56 Å². The fourth-order valence-electron chi connectivity index (χ4n) is 1.41. The Labute approximate surface area is 127 Å². The van der Waals surface area contributed by atoms with Gasteiger partial charge in [-0.1, -0.05) is 12.1 Å². The first-order valence-electron chi connectivity index (χ1n) is 5.85. The minimum absolute atomic E-state index is 0.160. The Morgan fingerprint density at radius 1 is 1.32 bits per heavy atom. The van der Waals surface area contributed by atoms with Gasteiger partial charge in [0.15, 0.2) is 5.13 Å². The van der Waals surface area contributed by atoms with Crippen LogP contribution in [-0.4, -0.2) is 27.9 Å². The smallest absolute Gasteiger partial charge is 0.294 e. The van der Waals surface area contributed by atoms with E-state index in [-0.39, 0.29) is 16.4 Å². The Bertz CT molecular complexity index is 729. The van der Waals surface area contributed by atoms with Crippen molar-refractivity contribution in [3.8, 4) is 0 Å². The number of para-hydroxylation sites is 1. The molecule has 0 saturated carbocycles. The molecule has 1 heterocycles. The molecule has 2 N–H and O–H groups in total. The summed E-state index contributed by atoms with van der Waals surface area (Å²) < 4.78 is 0. The lowest BCUT2D eigenvalue weighted by molar-refractivity contribution is -0.385. The second kappa shape index (κ2) is 7.04. The van der Waals surface area contributed by atoms with Crippen molar-refractivity contribution >= 4 is 40.2 Å². The van der Waals surface area contributed by atoms with E-state index >= 15 is 0 Å². The average molecular weight is 319 g/mol. The molecule has 10 heteroatoms. The SMILES string of the molecule is O=C(N/N=C/c1ccccc1[N+](=O)[O-])C(=O)Nc1nccs1. The number of rotatable bonds is 4. The topological polar surface area (TPSA) is 127 Å². The summed E-state index contributed by atoms with van der Waals surface area (Å²) >= 11 is 1.16. The summed E-state index contributed by atoms with van der Waals surface area (Å²) in [7, 11) is 0. The van der Waals surface area contributed by atoms with Gasteiger partial charge in [0.1, 0.15) is 0 Å². The van der Waals surface area contributed by atoms with E-state index in [1.807, 2.05) is 5.43 Å². The highest BCUT2D eigenvalue weighted by atomic mass is 32.1. The molecule has 2 aromatic rings. The van der Waals surface area contributed by atoms with E-state index in [2.05, 4.69) is 15.4 Å². The van der Waals surface area contributed by atoms with Gasteiger partial charge in [-0.05, 0) is 6.07 Å². The first-order valence-corrected chi connectivity index (χ1v) is 6.73. The Balaban J connectivity index is 1.96. The van der Waals surface area contributed by atoms with Crippen LogP contribution in [0.2, 0.25) is 0 Å². The van der Waals surface area contributed by atoms with Crippen LogP contribution in [0.5, 0.6) is 0 Å². The van der Waals surface area contributed by atoms with Gasteiger partial charge in [-0.2, -0.15) is 5.10 Å². The predicted octanol–water partition coefficient (Wildman–Crippen LogP) is 1.14. The summed E-state index contributed by atoms with van der Waals surface area (Å²) in [6, 6.07) is 5.86. The quantitative estimate of drug-likeness (QED) is 0.378. The Morgan fingerprint density at radius 3 is 2.77 bits per heavy atom. The number of benzene rings is 1. The number of nitro benzene ring substituents is 1. The highest BCUT2D eigenvalue weighted by Crippen LogP contribution is 2.15. The molecule has 9 nitrogen and oxygen atoms in total. The number of carbonyl (C=O) groups excluding carboxylic acids is 2. The summed E-state index contributed by atoms with van der Waals surface area (Å²) in [5.41, 5.74) is 2.02.